The SMILES string of the molecule is O=C(OCCCCCCS)c1cccc(C(=O)c2cccc(C(=O)OCCCCCCS)c2)c1. The summed E-state index contributed by atoms with van der Waals surface area (Å²) in [7, 11) is 0. The Hall–Kier alpha value is -2.25. The Morgan fingerprint density at radius 3 is 1.35 bits per heavy atom. The lowest BCUT2D eigenvalue weighted by molar-refractivity contribution is 0.0488. The number of ketones is 1. The molecule has 0 saturated carbocycles. The molecule has 2 aromatic rings. The van der Waals surface area contributed by atoms with Crippen LogP contribution < -0.4 is 0 Å². The van der Waals surface area contributed by atoms with Crippen molar-refractivity contribution in [1.29, 1.82) is 0 Å². The fourth-order valence-corrected chi connectivity index (χ4v) is 3.82. The predicted molar refractivity (Wildman–Crippen MR) is 142 cm³/mol. The Bertz CT molecular complexity index is 855. The van der Waals surface area contributed by atoms with E-state index in [4.69, 9.17) is 9.47 Å². The fraction of sp³-hybridized carbons (Fsp3) is 0.444. The number of carbonyl (C=O) groups excluding carboxylic acids is 3. The average Bonchev–Trinajstić information content (AvgIpc) is 2.87. The van der Waals surface area contributed by atoms with E-state index in [-0.39, 0.29) is 5.78 Å². The van der Waals surface area contributed by atoms with Crippen molar-refractivity contribution in [3.05, 3.63) is 70.8 Å². The van der Waals surface area contributed by atoms with Crippen LogP contribution in [0.15, 0.2) is 48.5 Å². The minimum absolute atomic E-state index is 0.275. The minimum Gasteiger partial charge on any atom is -0.462 e. The third-order valence-corrected chi connectivity index (χ3v) is 5.92. The molecule has 0 bridgehead atoms. The van der Waals surface area contributed by atoms with Crippen LogP contribution in [0.3, 0.4) is 0 Å². The smallest absolute Gasteiger partial charge is 0.338 e. The second kappa shape index (κ2) is 16.4. The molecule has 2 rings (SSSR count). The number of thiol groups is 2. The number of unbranched alkanes of at least 4 members (excludes halogenated alkanes) is 6. The van der Waals surface area contributed by atoms with Crippen molar-refractivity contribution in [2.45, 2.75) is 51.4 Å². The third kappa shape index (κ3) is 9.94. The lowest BCUT2D eigenvalue weighted by atomic mass is 10.00. The molecule has 34 heavy (non-hydrogen) atoms. The number of hydrogen-bond acceptors (Lipinski definition) is 7. The zero-order valence-corrected chi connectivity index (χ0v) is 21.3. The standard InChI is InChI=1S/C27H34O5S2/c28-25(21-11-9-13-23(19-21)26(29)31-15-5-1-3-7-17-33)22-12-10-14-24(20-22)27(30)32-16-6-2-4-8-18-34/h9-14,19-20,33-34H,1-8,15-18H2. The molecular formula is C27H34O5S2. The molecule has 0 heterocycles. The summed E-state index contributed by atoms with van der Waals surface area (Å²) in [5.74, 6) is 0.553. The molecule has 0 aliphatic heterocycles. The van der Waals surface area contributed by atoms with E-state index in [1.165, 1.54) is 12.1 Å². The number of benzene rings is 2. The highest BCUT2D eigenvalue weighted by Gasteiger charge is 2.15. The third-order valence-electron chi connectivity index (χ3n) is 5.29. The molecule has 2 aromatic carbocycles. The molecule has 0 atom stereocenters. The van der Waals surface area contributed by atoms with Gasteiger partial charge in [-0.2, -0.15) is 25.3 Å². The molecule has 0 N–H and O–H groups in total. The van der Waals surface area contributed by atoms with Crippen LogP contribution in [-0.4, -0.2) is 42.4 Å². The Morgan fingerprint density at radius 2 is 0.941 bits per heavy atom. The van der Waals surface area contributed by atoms with Crippen LogP contribution in [0, 0.1) is 0 Å². The lowest BCUT2D eigenvalue weighted by Crippen LogP contribution is -2.10. The van der Waals surface area contributed by atoms with Gasteiger partial charge in [-0.05, 0) is 61.5 Å². The van der Waals surface area contributed by atoms with Crippen molar-refractivity contribution >= 4 is 43.0 Å². The van der Waals surface area contributed by atoms with Gasteiger partial charge in [0.05, 0.1) is 24.3 Å². The second-order valence-corrected chi connectivity index (χ2v) is 8.93. The zero-order valence-electron chi connectivity index (χ0n) is 19.5. The first kappa shape index (κ1) is 28.0. The van der Waals surface area contributed by atoms with Crippen molar-refractivity contribution < 1.29 is 23.9 Å². The quantitative estimate of drug-likeness (QED) is 0.124. The maximum atomic E-state index is 13.0. The van der Waals surface area contributed by atoms with Gasteiger partial charge in [0.25, 0.3) is 0 Å². The van der Waals surface area contributed by atoms with Gasteiger partial charge in [-0.3, -0.25) is 4.79 Å². The van der Waals surface area contributed by atoms with Crippen molar-refractivity contribution in [1.82, 2.24) is 0 Å². The Kier molecular flexibility index (Phi) is 13.5. The molecular weight excluding hydrogens is 468 g/mol. The topological polar surface area (TPSA) is 69.7 Å². The molecule has 184 valence electrons. The van der Waals surface area contributed by atoms with Gasteiger partial charge < -0.3 is 9.47 Å². The zero-order chi connectivity index (χ0) is 24.6. The first-order valence-corrected chi connectivity index (χ1v) is 13.1. The van der Waals surface area contributed by atoms with Gasteiger partial charge in [0.15, 0.2) is 5.78 Å². The van der Waals surface area contributed by atoms with E-state index < -0.39 is 11.9 Å². The Labute approximate surface area is 213 Å². The first-order chi connectivity index (χ1) is 16.6. The largest absolute Gasteiger partial charge is 0.462 e. The molecule has 0 unspecified atom stereocenters. The highest BCUT2D eigenvalue weighted by Crippen LogP contribution is 2.15. The summed E-state index contributed by atoms with van der Waals surface area (Å²) in [4.78, 5) is 37.7. The van der Waals surface area contributed by atoms with Gasteiger partial charge in [-0.15, -0.1) is 0 Å². The molecule has 0 fully saturated rings. The summed E-state index contributed by atoms with van der Waals surface area (Å²) < 4.78 is 10.7. The van der Waals surface area contributed by atoms with Crippen LogP contribution in [0.5, 0.6) is 0 Å². The van der Waals surface area contributed by atoms with Crippen molar-refractivity contribution in [2.75, 3.05) is 24.7 Å². The molecule has 0 aliphatic rings. The number of hydrogen-bond donors (Lipinski definition) is 2. The highest BCUT2D eigenvalue weighted by atomic mass is 32.1. The van der Waals surface area contributed by atoms with Gasteiger partial charge in [-0.1, -0.05) is 49.9 Å². The van der Waals surface area contributed by atoms with Crippen molar-refractivity contribution in [2.24, 2.45) is 0 Å². The summed E-state index contributed by atoms with van der Waals surface area (Å²) in [5.41, 5.74) is 1.38. The van der Waals surface area contributed by atoms with E-state index in [1.807, 2.05) is 0 Å². The minimum atomic E-state index is -0.449. The van der Waals surface area contributed by atoms with Crippen LogP contribution in [0.4, 0.5) is 0 Å². The van der Waals surface area contributed by atoms with E-state index >= 15 is 0 Å². The summed E-state index contributed by atoms with van der Waals surface area (Å²) in [5, 5.41) is 0. The second-order valence-electron chi connectivity index (χ2n) is 8.04. The first-order valence-electron chi connectivity index (χ1n) is 11.9. The maximum Gasteiger partial charge on any atom is 0.338 e. The predicted octanol–water partition coefficient (Wildman–Crippen LogP) is 6.21. The van der Waals surface area contributed by atoms with Crippen LogP contribution in [0.25, 0.3) is 0 Å². The van der Waals surface area contributed by atoms with Gasteiger partial charge in [0.2, 0.25) is 0 Å². The molecule has 0 saturated heterocycles. The van der Waals surface area contributed by atoms with Crippen LogP contribution in [-0.2, 0) is 9.47 Å². The van der Waals surface area contributed by atoms with Crippen molar-refractivity contribution in [3.63, 3.8) is 0 Å². The average molecular weight is 503 g/mol. The van der Waals surface area contributed by atoms with Gasteiger partial charge in [0.1, 0.15) is 0 Å². The number of esters is 2. The molecule has 0 spiro atoms. The fourth-order valence-electron chi connectivity index (χ4n) is 3.37. The van der Waals surface area contributed by atoms with E-state index in [0.29, 0.717) is 35.5 Å². The summed E-state index contributed by atoms with van der Waals surface area (Å²) in [6.07, 6.45) is 7.81. The molecule has 5 nitrogen and oxygen atoms in total. The van der Waals surface area contributed by atoms with E-state index in [2.05, 4.69) is 25.3 Å². The number of carbonyl (C=O) groups is 3. The number of ether oxygens (including phenoxy) is 2. The molecule has 0 radical (unpaired) electrons. The summed E-state index contributed by atoms with van der Waals surface area (Å²) >= 11 is 8.36. The molecule has 0 aromatic heterocycles. The normalized spacial score (nSPS) is 10.6. The summed E-state index contributed by atoms with van der Waals surface area (Å²) in [6, 6.07) is 12.9. The van der Waals surface area contributed by atoms with Crippen LogP contribution >= 0.6 is 25.3 Å². The Morgan fingerprint density at radius 1 is 0.559 bits per heavy atom. The van der Waals surface area contributed by atoms with E-state index in [9.17, 15) is 14.4 Å². The van der Waals surface area contributed by atoms with E-state index in [1.54, 1.807) is 36.4 Å². The van der Waals surface area contributed by atoms with Crippen molar-refractivity contribution in [3.8, 4) is 0 Å². The van der Waals surface area contributed by atoms with Gasteiger partial charge in [-0.25, -0.2) is 9.59 Å². The molecule has 0 amide bonds. The summed E-state index contributed by atoms with van der Waals surface area (Å²) in [6.45, 7) is 0.700. The monoisotopic (exact) mass is 502 g/mol. The van der Waals surface area contributed by atoms with Gasteiger partial charge >= 0.3 is 11.9 Å². The molecule has 0 aliphatic carbocycles. The van der Waals surface area contributed by atoms with E-state index in [0.717, 1.165) is 62.9 Å². The van der Waals surface area contributed by atoms with Gasteiger partial charge in [0, 0.05) is 11.1 Å². The van der Waals surface area contributed by atoms with Crippen LogP contribution in [0.1, 0.15) is 88.0 Å². The van der Waals surface area contributed by atoms with Crippen LogP contribution in [0.2, 0.25) is 0 Å². The highest BCUT2D eigenvalue weighted by molar-refractivity contribution is 7.80. The molecule has 7 heteroatoms. The lowest BCUT2D eigenvalue weighted by Gasteiger charge is -2.08. The number of rotatable bonds is 16. The maximum absolute atomic E-state index is 13.0. The Balaban J connectivity index is 1.93.